The maximum atomic E-state index is 14.4. The highest BCUT2D eigenvalue weighted by atomic mass is 19.3. The van der Waals surface area contributed by atoms with Gasteiger partial charge in [-0.25, -0.2) is 4.39 Å². The zero-order valence-corrected chi connectivity index (χ0v) is 14.5. The van der Waals surface area contributed by atoms with E-state index in [4.69, 9.17) is 0 Å². The number of aliphatic hydroxyl groups is 1. The van der Waals surface area contributed by atoms with E-state index in [2.05, 4.69) is 14.8 Å². The lowest BCUT2D eigenvalue weighted by molar-refractivity contribution is -0.0498. The monoisotopic (exact) mass is 379 g/mol. The quantitative estimate of drug-likeness (QED) is 0.664. The van der Waals surface area contributed by atoms with E-state index in [0.717, 1.165) is 18.2 Å². The van der Waals surface area contributed by atoms with Crippen LogP contribution in [0.15, 0.2) is 30.5 Å². The molecule has 0 atom stereocenters. The highest BCUT2D eigenvalue weighted by Gasteiger charge is 2.22. The molecule has 3 rings (SSSR count). The van der Waals surface area contributed by atoms with Crippen LogP contribution in [-0.2, 0) is 6.54 Å². The van der Waals surface area contributed by atoms with Crippen LogP contribution in [-0.4, -0.2) is 38.4 Å². The number of aldehydes is 1. The van der Waals surface area contributed by atoms with Gasteiger partial charge in [0, 0.05) is 17.3 Å². The van der Waals surface area contributed by atoms with Gasteiger partial charge >= 0.3 is 6.61 Å². The second-order valence-electron chi connectivity index (χ2n) is 6.59. The number of pyridine rings is 1. The van der Waals surface area contributed by atoms with Gasteiger partial charge in [0.15, 0.2) is 6.29 Å². The number of benzene rings is 1. The van der Waals surface area contributed by atoms with Crippen molar-refractivity contribution in [3.05, 3.63) is 41.8 Å². The molecular formula is C18H16F3N3O3. The Labute approximate surface area is 152 Å². The second kappa shape index (κ2) is 6.99. The van der Waals surface area contributed by atoms with E-state index in [0.29, 0.717) is 11.8 Å². The van der Waals surface area contributed by atoms with Gasteiger partial charge in [-0.05, 0) is 38.1 Å². The SMILES string of the molecule is CC(C)(O)Cn1nc(-c2cc(OC(F)F)ccc2F)c2ncc(C=O)cc21. The van der Waals surface area contributed by atoms with Crippen LogP contribution in [0.3, 0.4) is 0 Å². The third-order valence-electron chi connectivity index (χ3n) is 3.70. The lowest BCUT2D eigenvalue weighted by Gasteiger charge is -2.17. The molecule has 0 aliphatic rings. The summed E-state index contributed by atoms with van der Waals surface area (Å²) in [6.07, 6.45) is 1.90. The Morgan fingerprint density at radius 2 is 2.07 bits per heavy atom. The van der Waals surface area contributed by atoms with Crippen LogP contribution in [0.4, 0.5) is 13.2 Å². The minimum atomic E-state index is -3.05. The Hall–Kier alpha value is -2.94. The Kier molecular flexibility index (Phi) is 4.88. The van der Waals surface area contributed by atoms with E-state index < -0.39 is 18.0 Å². The second-order valence-corrected chi connectivity index (χ2v) is 6.59. The number of aromatic nitrogens is 3. The number of nitrogens with zero attached hydrogens (tertiary/aromatic N) is 3. The predicted octanol–water partition coefficient (Wildman–Crippen LogP) is 3.42. The number of fused-ring (bicyclic) bond motifs is 1. The van der Waals surface area contributed by atoms with Gasteiger partial charge < -0.3 is 9.84 Å². The molecule has 0 aliphatic carbocycles. The summed E-state index contributed by atoms with van der Waals surface area (Å²) in [5.74, 6) is -0.927. The average Bonchev–Trinajstić information content (AvgIpc) is 2.92. The maximum absolute atomic E-state index is 14.4. The summed E-state index contributed by atoms with van der Waals surface area (Å²) in [6, 6.07) is 4.69. The van der Waals surface area contributed by atoms with Crippen molar-refractivity contribution in [3.63, 3.8) is 0 Å². The van der Waals surface area contributed by atoms with Crippen molar-refractivity contribution < 1.29 is 27.8 Å². The molecule has 0 saturated carbocycles. The van der Waals surface area contributed by atoms with Gasteiger partial charge in [0.25, 0.3) is 0 Å². The van der Waals surface area contributed by atoms with Crippen LogP contribution >= 0.6 is 0 Å². The Balaban J connectivity index is 2.21. The van der Waals surface area contributed by atoms with E-state index in [9.17, 15) is 23.1 Å². The normalized spacial score (nSPS) is 12.0. The van der Waals surface area contributed by atoms with Crippen LogP contribution in [0, 0.1) is 5.82 Å². The number of alkyl halides is 2. The number of carbonyl (C=O) groups excluding carboxylic acids is 1. The smallest absolute Gasteiger partial charge is 0.387 e. The molecule has 1 aromatic carbocycles. The Morgan fingerprint density at radius 1 is 1.33 bits per heavy atom. The molecule has 27 heavy (non-hydrogen) atoms. The molecule has 0 aliphatic heterocycles. The first kappa shape index (κ1) is 18.8. The molecule has 0 radical (unpaired) electrons. The van der Waals surface area contributed by atoms with E-state index in [1.54, 1.807) is 13.8 Å². The Bertz CT molecular complexity index is 997. The maximum Gasteiger partial charge on any atom is 0.387 e. The molecule has 1 N–H and O–H groups in total. The molecule has 2 heterocycles. The third-order valence-corrected chi connectivity index (χ3v) is 3.70. The molecule has 9 heteroatoms. The summed E-state index contributed by atoms with van der Waals surface area (Å²) in [4.78, 5) is 15.2. The van der Waals surface area contributed by atoms with Crippen LogP contribution in [0.1, 0.15) is 24.2 Å². The van der Waals surface area contributed by atoms with Crippen LogP contribution in [0.25, 0.3) is 22.3 Å². The summed E-state index contributed by atoms with van der Waals surface area (Å²) in [5.41, 5.74) is -0.203. The van der Waals surface area contributed by atoms with Crippen LogP contribution < -0.4 is 4.74 Å². The molecule has 0 unspecified atom stereocenters. The average molecular weight is 379 g/mol. The molecular weight excluding hydrogens is 363 g/mol. The molecule has 0 saturated heterocycles. The number of hydrogen-bond acceptors (Lipinski definition) is 5. The van der Waals surface area contributed by atoms with Gasteiger partial charge in [0.1, 0.15) is 22.8 Å². The standard InChI is InChI=1S/C18H16F3N3O3/c1-18(2,26)9-24-14-5-10(8-25)7-22-16(14)15(23-24)12-6-11(27-17(20)21)3-4-13(12)19/h3-8,17,26H,9H2,1-2H3. The highest BCUT2D eigenvalue weighted by molar-refractivity contribution is 5.93. The zero-order valence-electron chi connectivity index (χ0n) is 14.5. The van der Waals surface area contributed by atoms with Crippen molar-refractivity contribution in [1.82, 2.24) is 14.8 Å². The number of rotatable bonds is 6. The van der Waals surface area contributed by atoms with Crippen molar-refractivity contribution in [2.45, 2.75) is 32.6 Å². The van der Waals surface area contributed by atoms with Gasteiger partial charge in [-0.15, -0.1) is 0 Å². The van der Waals surface area contributed by atoms with Gasteiger partial charge in [-0.1, -0.05) is 0 Å². The van der Waals surface area contributed by atoms with E-state index >= 15 is 0 Å². The summed E-state index contributed by atoms with van der Waals surface area (Å²) >= 11 is 0. The van der Waals surface area contributed by atoms with Gasteiger partial charge in [0.05, 0.1) is 17.7 Å². The first-order valence-corrected chi connectivity index (χ1v) is 7.97. The fraction of sp³-hybridized carbons (Fsp3) is 0.278. The highest BCUT2D eigenvalue weighted by Crippen LogP contribution is 2.32. The molecule has 142 valence electrons. The van der Waals surface area contributed by atoms with Gasteiger partial charge in [0.2, 0.25) is 0 Å². The molecule has 0 spiro atoms. The summed E-state index contributed by atoms with van der Waals surface area (Å²) < 4.78 is 45.1. The summed E-state index contributed by atoms with van der Waals surface area (Å²) in [5, 5.41) is 14.4. The fourth-order valence-corrected chi connectivity index (χ4v) is 2.66. The number of hydrogen-bond donors (Lipinski definition) is 1. The minimum Gasteiger partial charge on any atom is -0.435 e. The van der Waals surface area contributed by atoms with Gasteiger partial charge in [-0.3, -0.25) is 14.5 Å². The minimum absolute atomic E-state index is 0.0440. The number of carbonyl (C=O) groups is 1. The molecule has 0 amide bonds. The lowest BCUT2D eigenvalue weighted by atomic mass is 10.1. The first-order valence-electron chi connectivity index (χ1n) is 7.97. The first-order chi connectivity index (χ1) is 12.7. The lowest BCUT2D eigenvalue weighted by Crippen LogP contribution is -2.26. The van der Waals surface area contributed by atoms with Crippen molar-refractivity contribution >= 4 is 17.3 Å². The number of ether oxygens (including phenoxy) is 1. The third kappa shape index (κ3) is 4.08. The van der Waals surface area contributed by atoms with Crippen molar-refractivity contribution in [2.24, 2.45) is 0 Å². The van der Waals surface area contributed by atoms with Crippen LogP contribution in [0.5, 0.6) is 5.75 Å². The fourth-order valence-electron chi connectivity index (χ4n) is 2.66. The molecule has 0 bridgehead atoms. The van der Waals surface area contributed by atoms with E-state index in [1.807, 2.05) is 0 Å². The molecule has 3 aromatic rings. The molecule has 6 nitrogen and oxygen atoms in total. The van der Waals surface area contributed by atoms with Gasteiger partial charge in [-0.2, -0.15) is 13.9 Å². The summed E-state index contributed by atoms with van der Waals surface area (Å²) in [7, 11) is 0. The van der Waals surface area contributed by atoms with Crippen molar-refractivity contribution in [3.8, 4) is 17.0 Å². The Morgan fingerprint density at radius 3 is 2.70 bits per heavy atom. The van der Waals surface area contributed by atoms with Crippen molar-refractivity contribution in [1.29, 1.82) is 0 Å². The molecule has 0 fully saturated rings. The topological polar surface area (TPSA) is 77.2 Å². The summed E-state index contributed by atoms with van der Waals surface area (Å²) in [6.45, 7) is 0.118. The van der Waals surface area contributed by atoms with Crippen LogP contribution in [0.2, 0.25) is 0 Å². The predicted molar refractivity (Wildman–Crippen MR) is 91.2 cm³/mol. The van der Waals surface area contributed by atoms with Crippen molar-refractivity contribution in [2.75, 3.05) is 0 Å². The van der Waals surface area contributed by atoms with E-state index in [-0.39, 0.29) is 34.6 Å². The largest absolute Gasteiger partial charge is 0.435 e. The zero-order chi connectivity index (χ0) is 19.8. The number of halogens is 3. The molecule has 2 aromatic heterocycles. The van der Waals surface area contributed by atoms with E-state index in [1.165, 1.54) is 16.9 Å².